The number of hydrogen-bond acceptors (Lipinski definition) is 2. The molecule has 0 aliphatic carbocycles. The van der Waals surface area contributed by atoms with E-state index in [9.17, 15) is 9.18 Å². The Morgan fingerprint density at radius 1 is 1.42 bits per heavy atom. The summed E-state index contributed by atoms with van der Waals surface area (Å²) in [5.74, 6) is -0.465. The molecule has 3 nitrogen and oxygen atoms in total. The molecule has 0 aliphatic heterocycles. The van der Waals surface area contributed by atoms with Crippen molar-refractivity contribution in [2.24, 2.45) is 0 Å². The van der Waals surface area contributed by atoms with E-state index in [1.807, 2.05) is 33.8 Å². The largest absolute Gasteiger partial charge is 0.366 e. The van der Waals surface area contributed by atoms with Crippen molar-refractivity contribution in [3.63, 3.8) is 0 Å². The summed E-state index contributed by atoms with van der Waals surface area (Å²) >= 11 is 0. The van der Waals surface area contributed by atoms with Crippen LogP contribution in [0.15, 0.2) is 18.2 Å². The van der Waals surface area contributed by atoms with Gasteiger partial charge in [-0.25, -0.2) is 4.39 Å². The first-order chi connectivity index (χ1) is 8.69. The predicted molar refractivity (Wildman–Crippen MR) is 73.4 cm³/mol. The van der Waals surface area contributed by atoms with Crippen LogP contribution in [0, 0.1) is 12.7 Å². The lowest BCUT2D eigenvalue weighted by Crippen LogP contribution is -2.33. The fourth-order valence-corrected chi connectivity index (χ4v) is 1.53. The molecule has 0 aliphatic rings. The molecule has 1 unspecified atom stereocenters. The van der Waals surface area contributed by atoms with Crippen LogP contribution in [-0.4, -0.2) is 18.1 Å². The van der Waals surface area contributed by atoms with Crippen LogP contribution in [-0.2, 0) is 9.53 Å². The number of nitrogens with one attached hydrogen (secondary N) is 1. The van der Waals surface area contributed by atoms with Crippen molar-refractivity contribution in [3.8, 4) is 0 Å². The molecule has 1 aromatic carbocycles. The first-order valence-electron chi connectivity index (χ1n) is 6.38. The Hall–Kier alpha value is -1.42. The van der Waals surface area contributed by atoms with Crippen molar-refractivity contribution in [1.82, 2.24) is 5.32 Å². The van der Waals surface area contributed by atoms with Gasteiger partial charge in [0.25, 0.3) is 0 Å². The first kappa shape index (κ1) is 15.6. The summed E-state index contributed by atoms with van der Waals surface area (Å²) in [6.45, 7) is 9.19. The van der Waals surface area contributed by atoms with Gasteiger partial charge in [0.2, 0.25) is 5.91 Å². The summed E-state index contributed by atoms with van der Waals surface area (Å²) in [5, 5.41) is 2.78. The lowest BCUT2D eigenvalue weighted by atomic mass is 10.1. The topological polar surface area (TPSA) is 38.3 Å². The molecule has 0 radical (unpaired) electrons. The Morgan fingerprint density at radius 2 is 2.05 bits per heavy atom. The third kappa shape index (κ3) is 5.39. The van der Waals surface area contributed by atoms with E-state index in [4.69, 9.17) is 4.74 Å². The minimum atomic E-state index is -0.351. The molecule has 0 heterocycles. The third-order valence-corrected chi connectivity index (χ3v) is 2.71. The van der Waals surface area contributed by atoms with Crippen molar-refractivity contribution < 1.29 is 13.9 Å². The Kier molecular flexibility index (Phi) is 5.06. The first-order valence-corrected chi connectivity index (χ1v) is 6.38. The van der Waals surface area contributed by atoms with Gasteiger partial charge in [-0.1, -0.05) is 12.1 Å². The molecule has 1 rings (SSSR count). The van der Waals surface area contributed by atoms with Gasteiger partial charge in [0.05, 0.1) is 11.6 Å². The van der Waals surface area contributed by atoms with Gasteiger partial charge in [-0.3, -0.25) is 4.79 Å². The number of rotatable bonds is 4. The summed E-state index contributed by atoms with van der Waals surface area (Å²) in [7, 11) is 0. The maximum absolute atomic E-state index is 13.4. The number of amides is 1. The third-order valence-electron chi connectivity index (χ3n) is 2.71. The molecule has 1 amide bonds. The van der Waals surface area contributed by atoms with Crippen molar-refractivity contribution in [2.75, 3.05) is 6.61 Å². The average molecular weight is 267 g/mol. The summed E-state index contributed by atoms with van der Waals surface area (Å²) < 4.78 is 18.8. The summed E-state index contributed by atoms with van der Waals surface area (Å²) in [4.78, 5) is 11.7. The molecule has 0 spiro atoms. The van der Waals surface area contributed by atoms with Crippen molar-refractivity contribution >= 4 is 5.91 Å². The molecule has 19 heavy (non-hydrogen) atoms. The maximum atomic E-state index is 13.4. The van der Waals surface area contributed by atoms with E-state index in [1.54, 1.807) is 13.0 Å². The fraction of sp³-hybridized carbons (Fsp3) is 0.533. The zero-order valence-corrected chi connectivity index (χ0v) is 12.2. The van der Waals surface area contributed by atoms with E-state index >= 15 is 0 Å². The van der Waals surface area contributed by atoms with Gasteiger partial charge in [-0.15, -0.1) is 0 Å². The van der Waals surface area contributed by atoms with E-state index in [2.05, 4.69) is 5.32 Å². The normalized spacial score (nSPS) is 13.2. The highest BCUT2D eigenvalue weighted by Crippen LogP contribution is 2.16. The molecule has 106 valence electrons. The maximum Gasteiger partial charge on any atom is 0.246 e. The Labute approximate surface area is 114 Å². The molecule has 0 saturated carbocycles. The Balaban J connectivity index is 2.56. The quantitative estimate of drug-likeness (QED) is 0.910. The second-order valence-electron chi connectivity index (χ2n) is 5.70. The molecule has 0 aromatic heterocycles. The minimum Gasteiger partial charge on any atom is -0.366 e. The second kappa shape index (κ2) is 6.15. The van der Waals surface area contributed by atoms with E-state index in [0.717, 1.165) is 5.56 Å². The van der Waals surface area contributed by atoms with Crippen LogP contribution in [0.4, 0.5) is 4.39 Å². The number of benzene rings is 1. The van der Waals surface area contributed by atoms with Gasteiger partial charge in [0.15, 0.2) is 0 Å². The predicted octanol–water partition coefficient (Wildman–Crippen LogP) is 3.13. The Bertz CT molecular complexity index is 452. The van der Waals surface area contributed by atoms with Gasteiger partial charge in [0.1, 0.15) is 12.4 Å². The number of carbonyl (C=O) groups excluding carboxylic acids is 1. The van der Waals surface area contributed by atoms with Gasteiger partial charge in [0, 0.05) is 0 Å². The van der Waals surface area contributed by atoms with Crippen LogP contribution in [0.2, 0.25) is 0 Å². The molecule has 0 fully saturated rings. The van der Waals surface area contributed by atoms with Gasteiger partial charge < -0.3 is 10.1 Å². The molecule has 0 bridgehead atoms. The fourth-order valence-electron chi connectivity index (χ4n) is 1.53. The molecule has 4 heteroatoms. The highest BCUT2D eigenvalue weighted by Gasteiger charge is 2.15. The summed E-state index contributed by atoms with van der Waals surface area (Å²) in [6, 6.07) is 4.73. The lowest BCUT2D eigenvalue weighted by molar-refractivity contribution is -0.131. The number of aryl methyl sites for hydroxylation is 1. The molecule has 0 saturated heterocycles. The number of hydrogen-bond donors (Lipinski definition) is 1. The smallest absolute Gasteiger partial charge is 0.246 e. The monoisotopic (exact) mass is 267 g/mol. The van der Waals surface area contributed by atoms with Gasteiger partial charge in [-0.05, 0) is 51.8 Å². The number of halogens is 1. The van der Waals surface area contributed by atoms with E-state index < -0.39 is 0 Å². The van der Waals surface area contributed by atoms with Crippen molar-refractivity contribution in [3.05, 3.63) is 35.1 Å². The van der Waals surface area contributed by atoms with Crippen molar-refractivity contribution in [2.45, 2.75) is 46.3 Å². The van der Waals surface area contributed by atoms with Crippen LogP contribution in [0.5, 0.6) is 0 Å². The zero-order valence-electron chi connectivity index (χ0n) is 12.2. The number of carbonyl (C=O) groups is 1. The molecule has 1 aromatic rings. The van der Waals surface area contributed by atoms with Crippen LogP contribution < -0.4 is 5.32 Å². The van der Waals surface area contributed by atoms with E-state index in [-0.39, 0.29) is 30.0 Å². The zero-order chi connectivity index (χ0) is 14.6. The van der Waals surface area contributed by atoms with Crippen LogP contribution in [0.25, 0.3) is 0 Å². The lowest BCUT2D eigenvalue weighted by Gasteiger charge is -2.20. The number of ether oxygens (including phenoxy) is 1. The minimum absolute atomic E-state index is 0.00217. The van der Waals surface area contributed by atoms with Crippen molar-refractivity contribution in [1.29, 1.82) is 0 Å². The average Bonchev–Trinajstić information content (AvgIpc) is 2.29. The Morgan fingerprint density at radius 3 is 2.58 bits per heavy atom. The molecule has 1 N–H and O–H groups in total. The highest BCUT2D eigenvalue weighted by molar-refractivity contribution is 5.77. The summed E-state index contributed by atoms with van der Waals surface area (Å²) in [5.41, 5.74) is 0.988. The molecular formula is C15H22FNO2. The molecular weight excluding hydrogens is 245 g/mol. The van der Waals surface area contributed by atoms with Gasteiger partial charge in [-0.2, -0.15) is 0 Å². The second-order valence-corrected chi connectivity index (χ2v) is 5.70. The summed E-state index contributed by atoms with van der Waals surface area (Å²) in [6.07, 6.45) is 0. The van der Waals surface area contributed by atoms with E-state index in [0.29, 0.717) is 5.56 Å². The highest BCUT2D eigenvalue weighted by atomic mass is 19.1. The SMILES string of the molecule is Cc1ccc(C(C)NC(=O)COC(C)(C)C)cc1F. The van der Waals surface area contributed by atoms with E-state index in [1.165, 1.54) is 6.07 Å². The van der Waals surface area contributed by atoms with Crippen LogP contribution in [0.1, 0.15) is 44.9 Å². The standard InChI is InChI=1S/C15H22FNO2/c1-10-6-7-12(8-13(10)16)11(2)17-14(18)9-19-15(3,4)5/h6-8,11H,9H2,1-5H3,(H,17,18). The van der Waals surface area contributed by atoms with Crippen LogP contribution >= 0.6 is 0 Å². The van der Waals surface area contributed by atoms with Gasteiger partial charge >= 0.3 is 0 Å². The molecule has 1 atom stereocenters. The van der Waals surface area contributed by atoms with Crippen LogP contribution in [0.3, 0.4) is 0 Å².